The van der Waals surface area contributed by atoms with Crippen LogP contribution in [0.3, 0.4) is 0 Å². The molecule has 0 amide bonds. The van der Waals surface area contributed by atoms with E-state index >= 15 is 0 Å². The van der Waals surface area contributed by atoms with Crippen molar-refractivity contribution in [2.45, 2.75) is 142 Å². The fourth-order valence-electron chi connectivity index (χ4n) is 3.75. The molecule has 0 radical (unpaired) electrons. The van der Waals surface area contributed by atoms with Crippen LogP contribution < -0.4 is 0 Å². The molecule has 164 valence electrons. The summed E-state index contributed by atoms with van der Waals surface area (Å²) in [5.41, 5.74) is 0. The minimum Gasteiger partial charge on any atom is -0.785 e. The lowest BCUT2D eigenvalue weighted by Gasteiger charge is -2.29. The minimum absolute atomic E-state index is 0.249. The van der Waals surface area contributed by atoms with Gasteiger partial charge in [0.05, 0.1) is 6.10 Å². The summed E-state index contributed by atoms with van der Waals surface area (Å²) in [5, 5.41) is 21.5. The molecule has 0 aromatic heterocycles. The van der Waals surface area contributed by atoms with Crippen LogP contribution in [0.2, 0.25) is 0 Å². The fourth-order valence-corrected chi connectivity index (χ4v) is 3.75. The van der Waals surface area contributed by atoms with Crippen molar-refractivity contribution < 1.29 is 5.11 Å². The second kappa shape index (κ2) is 22.2. The first-order valence-corrected chi connectivity index (χ1v) is 12.3. The van der Waals surface area contributed by atoms with Gasteiger partial charge in [-0.1, -0.05) is 122 Å². The highest BCUT2D eigenvalue weighted by molar-refractivity contribution is 4.61. The second-order valence-electron chi connectivity index (χ2n) is 8.60. The molecule has 0 aromatic rings. The van der Waals surface area contributed by atoms with E-state index in [-0.39, 0.29) is 6.54 Å². The normalized spacial score (nSPS) is 12.8. The van der Waals surface area contributed by atoms with Crippen LogP contribution in [-0.2, 0) is 0 Å². The van der Waals surface area contributed by atoms with Crippen molar-refractivity contribution >= 4 is 0 Å². The number of hydroxylamine groups is 2. The molecule has 0 aliphatic rings. The van der Waals surface area contributed by atoms with Gasteiger partial charge in [-0.25, -0.2) is 0 Å². The largest absolute Gasteiger partial charge is 0.785 e. The summed E-state index contributed by atoms with van der Waals surface area (Å²) in [5.74, 6) is 0. The van der Waals surface area contributed by atoms with Gasteiger partial charge in [0, 0.05) is 6.54 Å². The highest BCUT2D eigenvalue weighted by atomic mass is 16.5. The Balaban J connectivity index is 3.05. The summed E-state index contributed by atoms with van der Waals surface area (Å²) in [6.45, 7) is 4.78. The van der Waals surface area contributed by atoms with E-state index in [9.17, 15) is 5.21 Å². The molecule has 27 heavy (non-hydrogen) atoms. The zero-order valence-electron chi connectivity index (χ0n) is 18.7. The highest BCUT2D eigenvalue weighted by Crippen LogP contribution is 2.14. The van der Waals surface area contributed by atoms with Crippen molar-refractivity contribution in [3.8, 4) is 0 Å². The maximum Gasteiger partial charge on any atom is 0.0629 e. The summed E-state index contributed by atoms with van der Waals surface area (Å²) in [6, 6.07) is 0. The molecule has 0 aliphatic carbocycles. The molecule has 3 heteroatoms. The van der Waals surface area contributed by atoms with Crippen LogP contribution in [0.15, 0.2) is 0 Å². The summed E-state index contributed by atoms with van der Waals surface area (Å²) in [7, 11) is 0. The molecule has 0 saturated heterocycles. The van der Waals surface area contributed by atoms with Gasteiger partial charge in [-0.3, -0.25) is 0 Å². The average Bonchev–Trinajstić information content (AvgIpc) is 2.63. The Kier molecular flexibility index (Phi) is 22.1. The number of aliphatic hydroxyl groups is 1. The third-order valence-electron chi connectivity index (χ3n) is 5.48. The van der Waals surface area contributed by atoms with Crippen LogP contribution in [0, 0.1) is 5.21 Å². The summed E-state index contributed by atoms with van der Waals surface area (Å²) in [6.07, 6.45) is 25.5. The van der Waals surface area contributed by atoms with Gasteiger partial charge in [0.15, 0.2) is 0 Å². The Morgan fingerprint density at radius 3 is 1.19 bits per heavy atom. The average molecular weight is 385 g/mol. The van der Waals surface area contributed by atoms with Crippen molar-refractivity contribution in [1.29, 1.82) is 0 Å². The first kappa shape index (κ1) is 26.9. The van der Waals surface area contributed by atoms with Crippen molar-refractivity contribution in [3.63, 3.8) is 0 Å². The highest BCUT2D eigenvalue weighted by Gasteiger charge is 1.98. The molecule has 1 unspecified atom stereocenters. The zero-order chi connectivity index (χ0) is 20.0. The molecule has 0 saturated carbocycles. The lowest BCUT2D eigenvalue weighted by Crippen LogP contribution is -2.26. The van der Waals surface area contributed by atoms with Gasteiger partial charge in [-0.2, -0.15) is 0 Å². The van der Waals surface area contributed by atoms with E-state index in [2.05, 4.69) is 6.92 Å². The second-order valence-corrected chi connectivity index (χ2v) is 8.60. The predicted molar refractivity (Wildman–Crippen MR) is 120 cm³/mol. The minimum atomic E-state index is -0.511. The van der Waals surface area contributed by atoms with Crippen LogP contribution >= 0.6 is 0 Å². The molecule has 0 rings (SSSR count). The smallest absolute Gasteiger partial charge is 0.0629 e. The molecule has 0 fully saturated rings. The van der Waals surface area contributed by atoms with Crippen LogP contribution in [0.25, 0.3) is 0 Å². The molecule has 0 bridgehead atoms. The molecular weight excluding hydrogens is 334 g/mol. The lowest BCUT2D eigenvalue weighted by atomic mass is 10.0. The quantitative estimate of drug-likeness (QED) is 0.154. The molecule has 0 heterocycles. The Morgan fingerprint density at radius 2 is 0.889 bits per heavy atom. The topological polar surface area (TPSA) is 46.5 Å². The summed E-state index contributed by atoms with van der Waals surface area (Å²) < 4.78 is 0. The number of hydrogen-bond donors (Lipinski definition) is 1. The zero-order valence-corrected chi connectivity index (χ0v) is 18.7. The number of rotatable bonds is 22. The Labute approximate surface area is 170 Å². The SMILES string of the molecule is CCCCCCCCCCCCCCCCCCCCCN([O-])CC(C)O. The lowest BCUT2D eigenvalue weighted by molar-refractivity contribution is 0.150. The third kappa shape index (κ3) is 23.8. The van der Waals surface area contributed by atoms with E-state index in [1.165, 1.54) is 109 Å². The summed E-state index contributed by atoms with van der Waals surface area (Å²) >= 11 is 0. The molecular formula is C24H50NO2-. The van der Waals surface area contributed by atoms with Gasteiger partial charge < -0.3 is 15.4 Å². The van der Waals surface area contributed by atoms with Crippen molar-refractivity contribution in [3.05, 3.63) is 5.21 Å². The Morgan fingerprint density at radius 1 is 0.593 bits per heavy atom. The van der Waals surface area contributed by atoms with Crippen LogP contribution in [0.4, 0.5) is 0 Å². The Bertz CT molecular complexity index is 271. The number of unbranched alkanes of at least 4 members (excludes halogenated alkanes) is 18. The van der Waals surface area contributed by atoms with Crippen LogP contribution in [0.1, 0.15) is 136 Å². The maximum atomic E-state index is 11.4. The molecule has 0 spiro atoms. The first-order valence-electron chi connectivity index (χ1n) is 12.3. The maximum absolute atomic E-state index is 11.4. The van der Waals surface area contributed by atoms with Gasteiger partial charge in [-0.15, -0.1) is 0 Å². The van der Waals surface area contributed by atoms with Gasteiger partial charge in [-0.05, 0) is 19.9 Å². The van der Waals surface area contributed by atoms with Gasteiger partial charge in [0.25, 0.3) is 0 Å². The molecule has 1 atom stereocenters. The van der Waals surface area contributed by atoms with Gasteiger partial charge >= 0.3 is 0 Å². The predicted octanol–water partition coefficient (Wildman–Crippen LogP) is 7.60. The number of nitrogens with zero attached hydrogens (tertiary/aromatic N) is 1. The summed E-state index contributed by atoms with van der Waals surface area (Å²) in [4.78, 5) is 0. The first-order chi connectivity index (χ1) is 13.2. The number of aliphatic hydroxyl groups excluding tert-OH is 1. The van der Waals surface area contributed by atoms with E-state index < -0.39 is 6.10 Å². The monoisotopic (exact) mass is 384 g/mol. The van der Waals surface area contributed by atoms with Crippen molar-refractivity contribution in [2.24, 2.45) is 0 Å². The van der Waals surface area contributed by atoms with Crippen LogP contribution in [-0.4, -0.2) is 29.4 Å². The van der Waals surface area contributed by atoms with E-state index in [0.717, 1.165) is 17.9 Å². The molecule has 1 N–H and O–H groups in total. The third-order valence-corrected chi connectivity index (χ3v) is 5.48. The van der Waals surface area contributed by atoms with E-state index in [1.54, 1.807) is 6.92 Å². The Hall–Kier alpha value is -0.120. The van der Waals surface area contributed by atoms with Crippen molar-refractivity contribution in [2.75, 3.05) is 13.1 Å². The fraction of sp³-hybridized carbons (Fsp3) is 1.00. The van der Waals surface area contributed by atoms with Gasteiger partial charge in [0.1, 0.15) is 0 Å². The molecule has 0 aliphatic heterocycles. The van der Waals surface area contributed by atoms with E-state index in [0.29, 0.717) is 6.54 Å². The standard InChI is InChI=1S/C24H50NO2/c1-3-4-5-6-7-8-9-10-11-12-13-14-15-16-17-18-19-20-21-22-25(27)23-24(2)26/h24,26H,3-23H2,1-2H3/q-1. The number of hydrogen-bond acceptors (Lipinski definition) is 3. The molecule has 3 nitrogen and oxygen atoms in total. The van der Waals surface area contributed by atoms with E-state index in [1.807, 2.05) is 0 Å². The molecule has 0 aromatic carbocycles. The van der Waals surface area contributed by atoms with Gasteiger partial charge in [0.2, 0.25) is 0 Å². The van der Waals surface area contributed by atoms with Crippen LogP contribution in [0.5, 0.6) is 0 Å². The van der Waals surface area contributed by atoms with E-state index in [4.69, 9.17) is 5.11 Å². The van der Waals surface area contributed by atoms with Crippen molar-refractivity contribution in [1.82, 2.24) is 5.06 Å².